The van der Waals surface area contributed by atoms with Crippen molar-refractivity contribution in [3.8, 4) is 0 Å². The van der Waals surface area contributed by atoms with Gasteiger partial charge in [0.05, 0.1) is 0 Å². The van der Waals surface area contributed by atoms with Gasteiger partial charge in [-0.25, -0.2) is 4.79 Å². The van der Waals surface area contributed by atoms with Gasteiger partial charge in [-0.15, -0.1) is 0 Å². The molecule has 7 heteroatoms. The van der Waals surface area contributed by atoms with Crippen LogP contribution in [0.1, 0.15) is 6.42 Å². The number of esters is 1. The van der Waals surface area contributed by atoms with E-state index in [9.17, 15) is 19.6 Å². The Morgan fingerprint density at radius 3 is 2.50 bits per heavy atom. The van der Waals surface area contributed by atoms with Crippen LogP contribution in [0.5, 0.6) is 0 Å². The van der Waals surface area contributed by atoms with Crippen molar-refractivity contribution in [2.75, 3.05) is 6.16 Å². The number of carbonyl (C=O) groups is 1. The minimum atomic E-state index is -1.70. The van der Waals surface area contributed by atoms with Gasteiger partial charge in [0.25, 0.3) is 0 Å². The predicted octanol–water partition coefficient (Wildman–Crippen LogP) is -1.32. The van der Waals surface area contributed by atoms with E-state index in [4.69, 9.17) is 5.11 Å². The summed E-state index contributed by atoms with van der Waals surface area (Å²) in [5.41, 5.74) is 0. The van der Waals surface area contributed by atoms with Gasteiger partial charge in [0, 0.05) is 6.16 Å². The van der Waals surface area contributed by atoms with Gasteiger partial charge in [-0.3, -0.25) is 4.57 Å². The average molecular weight is 222 g/mol. The molecular weight excluding hydrogens is 211 g/mol. The van der Waals surface area contributed by atoms with Crippen LogP contribution in [-0.4, -0.2) is 51.9 Å². The zero-order valence-electron chi connectivity index (χ0n) is 7.24. The van der Waals surface area contributed by atoms with Gasteiger partial charge in [0.1, 0.15) is 18.3 Å². The number of carbonyl (C=O) groups excluding carboxylic acids is 1. The first kappa shape index (κ1) is 11.5. The summed E-state index contributed by atoms with van der Waals surface area (Å²) in [7, 11) is -0.121. The number of aliphatic hydroxyl groups excluding tert-OH is 3. The third kappa shape index (κ3) is 2.27. The Kier molecular flexibility index (Phi) is 3.95. The van der Waals surface area contributed by atoms with Crippen LogP contribution in [0.15, 0.2) is 0 Å². The molecule has 0 radical (unpaired) electrons. The lowest BCUT2D eigenvalue weighted by Gasteiger charge is -2.33. The molecule has 1 aliphatic rings. The molecule has 1 heterocycles. The van der Waals surface area contributed by atoms with Crippen molar-refractivity contribution in [3.63, 3.8) is 0 Å². The summed E-state index contributed by atoms with van der Waals surface area (Å²) in [4.78, 5) is 10.9. The molecule has 4 atom stereocenters. The fourth-order valence-corrected chi connectivity index (χ4v) is 1.60. The molecule has 1 aliphatic heterocycles. The van der Waals surface area contributed by atoms with E-state index in [2.05, 4.69) is 4.74 Å². The molecule has 6 nitrogen and oxygen atoms in total. The summed E-state index contributed by atoms with van der Waals surface area (Å²) in [5.74, 6) is -0.963. The maximum Gasteiger partial charge on any atom is 0.338 e. The Morgan fingerprint density at radius 2 is 1.93 bits per heavy atom. The highest BCUT2D eigenvalue weighted by atomic mass is 31.1. The van der Waals surface area contributed by atoms with Gasteiger partial charge in [0.15, 0.2) is 14.6 Å². The van der Waals surface area contributed by atoms with Gasteiger partial charge in [-0.2, -0.15) is 0 Å². The number of aliphatic hydroxyl groups is 3. The molecule has 0 aliphatic carbocycles. The smallest absolute Gasteiger partial charge is 0.338 e. The van der Waals surface area contributed by atoms with E-state index < -0.39 is 30.4 Å². The van der Waals surface area contributed by atoms with Crippen molar-refractivity contribution in [2.24, 2.45) is 0 Å². The highest BCUT2D eigenvalue weighted by Gasteiger charge is 2.43. The predicted molar refractivity (Wildman–Crippen MR) is 45.0 cm³/mol. The first-order chi connectivity index (χ1) is 6.57. The first-order valence-electron chi connectivity index (χ1n) is 4.11. The van der Waals surface area contributed by atoms with Gasteiger partial charge in [-0.1, -0.05) is 0 Å². The second-order valence-corrected chi connectivity index (χ2v) is 3.75. The first-order valence-corrected chi connectivity index (χ1v) is 5.11. The Balaban J connectivity index is 2.60. The van der Waals surface area contributed by atoms with Crippen LogP contribution in [0.3, 0.4) is 0 Å². The molecule has 4 unspecified atom stereocenters. The number of ether oxygens (including phenoxy) is 1. The van der Waals surface area contributed by atoms with Gasteiger partial charge < -0.3 is 20.1 Å². The highest BCUT2D eigenvalue weighted by Crippen LogP contribution is 2.20. The highest BCUT2D eigenvalue weighted by molar-refractivity contribution is 7.23. The van der Waals surface area contributed by atoms with E-state index in [0.29, 0.717) is 0 Å². The molecule has 0 aromatic heterocycles. The standard InChI is InChI=1S/C7H11O6P/c8-4-3(1-2-14-12)13-7(11)6(10)5(4)9/h3-6,8-10H,1-2H2. The van der Waals surface area contributed by atoms with Crippen molar-refractivity contribution in [1.29, 1.82) is 0 Å². The van der Waals surface area contributed by atoms with Crippen LogP contribution in [-0.2, 0) is 14.1 Å². The summed E-state index contributed by atoms with van der Waals surface area (Å²) >= 11 is 0. The van der Waals surface area contributed by atoms with Gasteiger partial charge in [0.2, 0.25) is 0 Å². The Labute approximate surface area is 81.7 Å². The van der Waals surface area contributed by atoms with Crippen molar-refractivity contribution in [2.45, 2.75) is 30.8 Å². The van der Waals surface area contributed by atoms with E-state index in [1.807, 2.05) is 0 Å². The molecule has 0 saturated carbocycles. The van der Waals surface area contributed by atoms with Crippen LogP contribution < -0.4 is 0 Å². The topological polar surface area (TPSA) is 104 Å². The van der Waals surface area contributed by atoms with E-state index in [0.717, 1.165) is 0 Å². The van der Waals surface area contributed by atoms with Crippen molar-refractivity contribution < 1.29 is 29.4 Å². The lowest BCUT2D eigenvalue weighted by Crippen LogP contribution is -2.55. The summed E-state index contributed by atoms with van der Waals surface area (Å²) in [6.07, 6.45) is -5.07. The number of hydrogen-bond donors (Lipinski definition) is 3. The molecular formula is C7H11O6P. The number of hydrogen-bond acceptors (Lipinski definition) is 6. The molecule has 0 amide bonds. The summed E-state index contributed by atoms with van der Waals surface area (Å²) < 4.78 is 14.8. The Bertz CT molecular complexity index is 232. The minimum absolute atomic E-state index is 0.121. The quantitative estimate of drug-likeness (QED) is 0.404. The third-order valence-corrected chi connectivity index (χ3v) is 2.51. The van der Waals surface area contributed by atoms with Gasteiger partial charge >= 0.3 is 5.97 Å². The molecule has 0 bridgehead atoms. The lowest BCUT2D eigenvalue weighted by molar-refractivity contribution is -0.202. The molecule has 0 aromatic rings. The molecule has 1 fully saturated rings. The molecule has 0 aromatic carbocycles. The van der Waals surface area contributed by atoms with E-state index in [1.165, 1.54) is 0 Å². The van der Waals surface area contributed by atoms with Crippen LogP contribution >= 0.6 is 8.46 Å². The van der Waals surface area contributed by atoms with E-state index >= 15 is 0 Å². The Hall–Kier alpha value is -0.550. The monoisotopic (exact) mass is 222 g/mol. The van der Waals surface area contributed by atoms with Crippen LogP contribution in [0, 0.1) is 0 Å². The molecule has 3 N–H and O–H groups in total. The average Bonchev–Trinajstić information content (AvgIpc) is 2.18. The van der Waals surface area contributed by atoms with Gasteiger partial charge in [-0.05, 0) is 6.42 Å². The summed E-state index contributed by atoms with van der Waals surface area (Å²) in [6, 6.07) is 0. The maximum atomic E-state index is 10.9. The minimum Gasteiger partial charge on any atom is -0.457 e. The summed E-state index contributed by atoms with van der Waals surface area (Å²) in [5, 5.41) is 27.6. The van der Waals surface area contributed by atoms with Crippen molar-refractivity contribution in [3.05, 3.63) is 0 Å². The van der Waals surface area contributed by atoms with E-state index in [1.54, 1.807) is 0 Å². The number of cyclic esters (lactones) is 1. The molecule has 1 saturated heterocycles. The molecule has 1 rings (SSSR count). The second kappa shape index (κ2) is 4.79. The fraction of sp³-hybridized carbons (Fsp3) is 0.857. The largest absolute Gasteiger partial charge is 0.457 e. The second-order valence-electron chi connectivity index (χ2n) is 3.04. The zero-order chi connectivity index (χ0) is 10.7. The third-order valence-electron chi connectivity index (χ3n) is 2.07. The SMILES string of the molecule is O=PCCC1OC(=O)C(O)C(O)C1O. The zero-order valence-corrected chi connectivity index (χ0v) is 8.13. The Morgan fingerprint density at radius 1 is 1.29 bits per heavy atom. The lowest BCUT2D eigenvalue weighted by atomic mass is 9.98. The van der Waals surface area contributed by atoms with Crippen LogP contribution in [0.2, 0.25) is 0 Å². The van der Waals surface area contributed by atoms with E-state index in [-0.39, 0.29) is 21.0 Å². The van der Waals surface area contributed by atoms with Crippen LogP contribution in [0.25, 0.3) is 0 Å². The summed E-state index contributed by atoms with van der Waals surface area (Å²) in [6.45, 7) is 0. The normalized spacial score (nSPS) is 38.4. The molecule has 80 valence electrons. The van der Waals surface area contributed by atoms with Crippen molar-refractivity contribution >= 4 is 14.4 Å². The fourth-order valence-electron chi connectivity index (χ4n) is 1.24. The number of rotatable bonds is 3. The molecule has 14 heavy (non-hydrogen) atoms. The maximum absolute atomic E-state index is 10.9. The molecule has 0 spiro atoms. The van der Waals surface area contributed by atoms with Crippen LogP contribution in [0.4, 0.5) is 0 Å². The van der Waals surface area contributed by atoms with Crippen molar-refractivity contribution in [1.82, 2.24) is 0 Å².